The van der Waals surface area contributed by atoms with E-state index in [1.165, 1.54) is 18.6 Å². The van der Waals surface area contributed by atoms with Gasteiger partial charge in [0.1, 0.15) is 11.4 Å². The van der Waals surface area contributed by atoms with Gasteiger partial charge < -0.3 is 5.73 Å². The van der Waals surface area contributed by atoms with Gasteiger partial charge in [-0.2, -0.15) is 0 Å². The molecule has 0 heterocycles. The predicted molar refractivity (Wildman–Crippen MR) is 83.0 cm³/mol. The number of halogens is 3. The number of amides is 1. The number of carbonyl (C=O) groups excluding carboxylic acids is 1. The summed E-state index contributed by atoms with van der Waals surface area (Å²) in [5, 5.41) is 3.42. The molecule has 116 valence electrons. The molecule has 1 aromatic carbocycles. The molecule has 1 fully saturated rings. The van der Waals surface area contributed by atoms with Gasteiger partial charge in [0.25, 0.3) is 0 Å². The van der Waals surface area contributed by atoms with Crippen LogP contribution in [0.5, 0.6) is 0 Å². The summed E-state index contributed by atoms with van der Waals surface area (Å²) in [6, 6.07) is 2.66. The van der Waals surface area contributed by atoms with Crippen LogP contribution in [-0.2, 0) is 10.3 Å². The zero-order valence-corrected chi connectivity index (χ0v) is 13.4. The Kier molecular flexibility index (Phi) is 5.12. The third-order valence-electron chi connectivity index (χ3n) is 4.14. The minimum atomic E-state index is -1.22. The average molecular weight is 333 g/mol. The molecule has 0 bridgehead atoms. The minimum absolute atomic E-state index is 0.0757. The summed E-state index contributed by atoms with van der Waals surface area (Å²) in [5.41, 5.74) is 4.67. The molecule has 2 rings (SSSR count). The van der Waals surface area contributed by atoms with Gasteiger partial charge in [0, 0.05) is 16.6 Å². The first-order valence-electron chi connectivity index (χ1n) is 7.07. The molecule has 0 aliphatic heterocycles. The van der Waals surface area contributed by atoms with E-state index in [2.05, 4.69) is 5.32 Å². The van der Waals surface area contributed by atoms with E-state index in [0.717, 1.165) is 25.7 Å². The maximum absolute atomic E-state index is 13.8. The van der Waals surface area contributed by atoms with E-state index in [1.54, 1.807) is 6.92 Å². The summed E-state index contributed by atoms with van der Waals surface area (Å²) in [4.78, 5) is 12.0. The Bertz CT molecular complexity index is 547. The molecule has 1 unspecified atom stereocenters. The summed E-state index contributed by atoms with van der Waals surface area (Å²) in [5.74, 6) is -1.20. The number of nitrogens with two attached hydrogens (primary N) is 1. The highest BCUT2D eigenvalue weighted by Crippen LogP contribution is 2.33. The van der Waals surface area contributed by atoms with Gasteiger partial charge in [-0.25, -0.2) is 4.39 Å². The second kappa shape index (κ2) is 6.51. The van der Waals surface area contributed by atoms with Gasteiger partial charge in [-0.15, -0.1) is 0 Å². The van der Waals surface area contributed by atoms with Crippen molar-refractivity contribution in [1.29, 1.82) is 0 Å². The lowest BCUT2D eigenvalue weighted by Gasteiger charge is -2.35. The van der Waals surface area contributed by atoms with E-state index in [4.69, 9.17) is 28.9 Å². The molecule has 1 aromatic rings. The highest BCUT2D eigenvalue weighted by atomic mass is 35.5. The van der Waals surface area contributed by atoms with Gasteiger partial charge in [0.15, 0.2) is 0 Å². The van der Waals surface area contributed by atoms with Crippen LogP contribution in [0.3, 0.4) is 0 Å². The van der Waals surface area contributed by atoms with Crippen molar-refractivity contribution in [2.75, 3.05) is 0 Å². The molecule has 1 atom stereocenters. The summed E-state index contributed by atoms with van der Waals surface area (Å²) in [6.45, 7) is 1.64. The number of nitrogens with one attached hydrogen (secondary N) is 1. The van der Waals surface area contributed by atoms with Crippen LogP contribution in [-0.4, -0.2) is 11.9 Å². The molecule has 0 saturated heterocycles. The first-order valence-corrected chi connectivity index (χ1v) is 7.83. The van der Waals surface area contributed by atoms with Gasteiger partial charge in [-0.3, -0.25) is 10.1 Å². The Hall–Kier alpha value is -0.840. The molecule has 1 amide bonds. The molecule has 1 saturated carbocycles. The third kappa shape index (κ3) is 3.50. The number of benzene rings is 1. The number of carbonyl (C=O) groups is 1. The zero-order chi connectivity index (χ0) is 15.6. The maximum Gasteiger partial charge on any atom is 0.242 e. The van der Waals surface area contributed by atoms with E-state index < -0.39 is 17.3 Å². The van der Waals surface area contributed by atoms with E-state index >= 15 is 0 Å². The predicted octanol–water partition coefficient (Wildman–Crippen LogP) is 3.76. The highest BCUT2D eigenvalue weighted by Gasteiger charge is 2.37. The number of hydrogen-bond acceptors (Lipinski definition) is 2. The van der Waals surface area contributed by atoms with Crippen molar-refractivity contribution in [2.45, 2.75) is 50.6 Å². The molecule has 21 heavy (non-hydrogen) atoms. The standard InChI is InChI=1S/C15H19Cl2FN2O/c1-15(14(19)21,20-9-5-3-2-4-6-9)10-7-13(18)12(17)8-11(10)16/h7-9,20H,2-6H2,1H3,(H2,19,21). The van der Waals surface area contributed by atoms with Crippen molar-refractivity contribution in [3.05, 3.63) is 33.6 Å². The highest BCUT2D eigenvalue weighted by molar-refractivity contribution is 6.35. The van der Waals surface area contributed by atoms with Crippen molar-refractivity contribution in [2.24, 2.45) is 5.73 Å². The molecule has 0 spiro atoms. The topological polar surface area (TPSA) is 55.1 Å². The van der Waals surface area contributed by atoms with Gasteiger partial charge in [0.05, 0.1) is 5.02 Å². The SMILES string of the molecule is CC(NC1CCCCC1)(C(N)=O)c1cc(F)c(Cl)cc1Cl. The smallest absolute Gasteiger partial charge is 0.242 e. The number of primary amides is 1. The third-order valence-corrected chi connectivity index (χ3v) is 4.74. The van der Waals surface area contributed by atoms with Gasteiger partial charge in [-0.1, -0.05) is 42.5 Å². The monoisotopic (exact) mass is 332 g/mol. The number of hydrogen-bond donors (Lipinski definition) is 2. The molecule has 0 radical (unpaired) electrons. The molecular formula is C15H19Cl2FN2O. The summed E-state index contributed by atoms with van der Waals surface area (Å²) in [7, 11) is 0. The lowest BCUT2D eigenvalue weighted by molar-refractivity contribution is -0.124. The van der Waals surface area contributed by atoms with Crippen molar-refractivity contribution in [3.63, 3.8) is 0 Å². The van der Waals surface area contributed by atoms with Crippen molar-refractivity contribution in [3.8, 4) is 0 Å². The summed E-state index contributed by atoms with van der Waals surface area (Å²) >= 11 is 11.9. The minimum Gasteiger partial charge on any atom is -0.368 e. The van der Waals surface area contributed by atoms with Crippen LogP contribution in [0.1, 0.15) is 44.6 Å². The molecule has 0 aromatic heterocycles. The van der Waals surface area contributed by atoms with E-state index in [1.807, 2.05) is 0 Å². The lowest BCUT2D eigenvalue weighted by atomic mass is 9.87. The van der Waals surface area contributed by atoms with Crippen LogP contribution in [0.15, 0.2) is 12.1 Å². The molecular weight excluding hydrogens is 314 g/mol. The fourth-order valence-electron chi connectivity index (χ4n) is 2.84. The largest absolute Gasteiger partial charge is 0.368 e. The Morgan fingerprint density at radius 3 is 2.48 bits per heavy atom. The lowest BCUT2D eigenvalue weighted by Crippen LogP contribution is -2.54. The fourth-order valence-corrected chi connectivity index (χ4v) is 3.41. The van der Waals surface area contributed by atoms with Gasteiger partial charge in [0.2, 0.25) is 5.91 Å². The zero-order valence-electron chi connectivity index (χ0n) is 11.9. The van der Waals surface area contributed by atoms with Crippen molar-refractivity contribution in [1.82, 2.24) is 5.32 Å². The van der Waals surface area contributed by atoms with Crippen LogP contribution in [0.2, 0.25) is 10.0 Å². The Balaban J connectivity index is 2.37. The molecule has 6 heteroatoms. The van der Waals surface area contributed by atoms with E-state index in [0.29, 0.717) is 5.56 Å². The Morgan fingerprint density at radius 2 is 1.90 bits per heavy atom. The first kappa shape index (κ1) is 16.5. The number of rotatable bonds is 4. The fraction of sp³-hybridized carbons (Fsp3) is 0.533. The molecule has 1 aliphatic carbocycles. The second-order valence-corrected chi connectivity index (χ2v) is 6.53. The summed E-state index contributed by atoms with van der Waals surface area (Å²) in [6.07, 6.45) is 5.35. The van der Waals surface area contributed by atoms with Gasteiger partial charge >= 0.3 is 0 Å². The van der Waals surface area contributed by atoms with Crippen LogP contribution >= 0.6 is 23.2 Å². The van der Waals surface area contributed by atoms with Crippen LogP contribution < -0.4 is 11.1 Å². The molecule has 3 nitrogen and oxygen atoms in total. The van der Waals surface area contributed by atoms with Crippen molar-refractivity contribution >= 4 is 29.1 Å². The maximum atomic E-state index is 13.8. The van der Waals surface area contributed by atoms with E-state index in [-0.39, 0.29) is 16.1 Å². The Morgan fingerprint density at radius 1 is 1.29 bits per heavy atom. The quantitative estimate of drug-likeness (QED) is 0.825. The van der Waals surface area contributed by atoms with E-state index in [9.17, 15) is 9.18 Å². The molecule has 1 aliphatic rings. The Labute approximate surface area is 134 Å². The summed E-state index contributed by atoms with van der Waals surface area (Å²) < 4.78 is 13.8. The average Bonchev–Trinajstić information content (AvgIpc) is 2.43. The van der Waals surface area contributed by atoms with Crippen LogP contribution in [0, 0.1) is 5.82 Å². The molecule has 3 N–H and O–H groups in total. The van der Waals surface area contributed by atoms with Gasteiger partial charge in [-0.05, 0) is 31.9 Å². The second-order valence-electron chi connectivity index (χ2n) is 5.71. The normalized spacial score (nSPS) is 19.2. The van der Waals surface area contributed by atoms with Crippen LogP contribution in [0.25, 0.3) is 0 Å². The van der Waals surface area contributed by atoms with Crippen molar-refractivity contribution < 1.29 is 9.18 Å². The first-order chi connectivity index (χ1) is 9.84. The van der Waals surface area contributed by atoms with Crippen LogP contribution in [0.4, 0.5) is 4.39 Å².